The number of hydrogen-bond donors (Lipinski definition) is 1. The second kappa shape index (κ2) is 8.93. The predicted octanol–water partition coefficient (Wildman–Crippen LogP) is 2.40. The average Bonchev–Trinajstić information content (AvgIpc) is 2.65. The van der Waals surface area contributed by atoms with Gasteiger partial charge in [-0.15, -0.1) is 0 Å². The van der Waals surface area contributed by atoms with E-state index >= 15 is 0 Å². The minimum absolute atomic E-state index is 0.156. The summed E-state index contributed by atoms with van der Waals surface area (Å²) in [7, 11) is -0.558. The van der Waals surface area contributed by atoms with Crippen LogP contribution in [-0.4, -0.2) is 39.3 Å². The van der Waals surface area contributed by atoms with Gasteiger partial charge in [-0.2, -0.15) is 0 Å². The first-order valence-corrected chi connectivity index (χ1v) is 9.75. The lowest BCUT2D eigenvalue weighted by Crippen LogP contribution is -2.24. The highest BCUT2D eigenvalue weighted by atomic mass is 32.2. The van der Waals surface area contributed by atoms with Crippen molar-refractivity contribution in [3.63, 3.8) is 0 Å². The summed E-state index contributed by atoms with van der Waals surface area (Å²) in [6.45, 7) is 3.59. The highest BCUT2D eigenvalue weighted by Gasteiger charge is 2.17. The SMILES string of the molecule is CCOCc1ccc(CNC(=O)c2ccc(S(=O)(=O)N(C)C)cc2)cc1. The zero-order valence-corrected chi connectivity index (χ0v) is 16.0. The zero-order chi connectivity index (χ0) is 19.2. The molecule has 0 spiro atoms. The third kappa shape index (κ3) is 5.14. The molecule has 0 aromatic heterocycles. The summed E-state index contributed by atoms with van der Waals surface area (Å²) in [6.07, 6.45) is 0. The Morgan fingerprint density at radius 2 is 1.58 bits per heavy atom. The van der Waals surface area contributed by atoms with Crippen molar-refractivity contribution in [1.29, 1.82) is 0 Å². The summed E-state index contributed by atoms with van der Waals surface area (Å²) in [5.74, 6) is -0.253. The standard InChI is InChI=1S/C19H24N2O4S/c1-4-25-14-16-7-5-15(6-8-16)13-20-19(22)17-9-11-18(12-10-17)26(23,24)21(2)3/h5-12H,4,13-14H2,1-3H3,(H,20,22). The van der Waals surface area contributed by atoms with Gasteiger partial charge in [0.25, 0.3) is 5.91 Å². The third-order valence-electron chi connectivity index (χ3n) is 3.84. The zero-order valence-electron chi connectivity index (χ0n) is 15.2. The molecule has 0 aliphatic carbocycles. The van der Waals surface area contributed by atoms with Crippen LogP contribution < -0.4 is 5.32 Å². The number of amides is 1. The minimum atomic E-state index is -3.49. The first-order valence-electron chi connectivity index (χ1n) is 8.31. The van der Waals surface area contributed by atoms with Crippen molar-refractivity contribution < 1.29 is 17.9 Å². The highest BCUT2D eigenvalue weighted by molar-refractivity contribution is 7.89. The van der Waals surface area contributed by atoms with Crippen molar-refractivity contribution in [2.45, 2.75) is 25.0 Å². The molecule has 0 saturated carbocycles. The molecular weight excluding hydrogens is 352 g/mol. The first-order chi connectivity index (χ1) is 12.3. The molecule has 0 radical (unpaired) electrons. The molecule has 2 rings (SSSR count). The van der Waals surface area contributed by atoms with E-state index < -0.39 is 10.0 Å². The molecule has 1 amide bonds. The molecule has 0 unspecified atom stereocenters. The van der Waals surface area contributed by atoms with E-state index in [2.05, 4.69) is 5.32 Å². The smallest absolute Gasteiger partial charge is 0.251 e. The Kier molecular flexibility index (Phi) is 6.90. The fraction of sp³-hybridized carbons (Fsp3) is 0.316. The lowest BCUT2D eigenvalue weighted by Gasteiger charge is -2.11. The minimum Gasteiger partial charge on any atom is -0.377 e. The van der Waals surface area contributed by atoms with Crippen molar-refractivity contribution in [2.75, 3.05) is 20.7 Å². The van der Waals surface area contributed by atoms with Crippen molar-refractivity contribution >= 4 is 15.9 Å². The van der Waals surface area contributed by atoms with Crippen LogP contribution in [0.15, 0.2) is 53.4 Å². The maximum atomic E-state index is 12.2. The van der Waals surface area contributed by atoms with Gasteiger partial charge in [0, 0.05) is 32.8 Å². The number of carbonyl (C=O) groups is 1. The predicted molar refractivity (Wildman–Crippen MR) is 100 cm³/mol. The van der Waals surface area contributed by atoms with Gasteiger partial charge in [-0.3, -0.25) is 4.79 Å². The van der Waals surface area contributed by atoms with Crippen molar-refractivity contribution in [3.8, 4) is 0 Å². The van der Waals surface area contributed by atoms with Gasteiger partial charge in [-0.05, 0) is 42.3 Å². The van der Waals surface area contributed by atoms with Crippen LogP contribution in [0, 0.1) is 0 Å². The highest BCUT2D eigenvalue weighted by Crippen LogP contribution is 2.14. The molecule has 140 valence electrons. The normalized spacial score (nSPS) is 11.5. The summed E-state index contributed by atoms with van der Waals surface area (Å²) in [5, 5.41) is 2.83. The second-order valence-corrected chi connectivity index (χ2v) is 8.10. The second-order valence-electron chi connectivity index (χ2n) is 5.95. The maximum Gasteiger partial charge on any atom is 0.251 e. The molecule has 0 aliphatic heterocycles. The van der Waals surface area contributed by atoms with Gasteiger partial charge in [0.2, 0.25) is 10.0 Å². The van der Waals surface area contributed by atoms with E-state index in [4.69, 9.17) is 4.74 Å². The Labute approximate surface area is 154 Å². The van der Waals surface area contributed by atoms with Gasteiger partial charge in [-0.25, -0.2) is 12.7 Å². The third-order valence-corrected chi connectivity index (χ3v) is 5.67. The molecule has 0 saturated heterocycles. The quantitative estimate of drug-likeness (QED) is 0.768. The lowest BCUT2D eigenvalue weighted by atomic mass is 10.1. The van der Waals surface area contributed by atoms with E-state index in [0.29, 0.717) is 25.3 Å². The fourth-order valence-corrected chi connectivity index (χ4v) is 3.15. The number of sulfonamides is 1. The molecule has 0 fully saturated rings. The Morgan fingerprint density at radius 3 is 2.12 bits per heavy atom. The molecule has 26 heavy (non-hydrogen) atoms. The van der Waals surface area contributed by atoms with Gasteiger partial charge in [-0.1, -0.05) is 24.3 Å². The Bertz CT molecular complexity index is 829. The van der Waals surface area contributed by atoms with Crippen LogP contribution >= 0.6 is 0 Å². The summed E-state index contributed by atoms with van der Waals surface area (Å²) in [6, 6.07) is 13.7. The first kappa shape index (κ1) is 20.1. The molecule has 7 heteroatoms. The van der Waals surface area contributed by atoms with Gasteiger partial charge in [0.15, 0.2) is 0 Å². The summed E-state index contributed by atoms with van der Waals surface area (Å²) >= 11 is 0. The maximum absolute atomic E-state index is 12.2. The number of ether oxygens (including phenoxy) is 1. The fourth-order valence-electron chi connectivity index (χ4n) is 2.25. The van der Waals surface area contributed by atoms with E-state index in [1.165, 1.54) is 38.4 Å². The topological polar surface area (TPSA) is 75.7 Å². The van der Waals surface area contributed by atoms with E-state index in [-0.39, 0.29) is 10.8 Å². The molecule has 1 N–H and O–H groups in total. The monoisotopic (exact) mass is 376 g/mol. The van der Waals surface area contributed by atoms with E-state index in [0.717, 1.165) is 15.4 Å². The van der Waals surface area contributed by atoms with Crippen LogP contribution in [0.25, 0.3) is 0 Å². The van der Waals surface area contributed by atoms with Crippen LogP contribution in [0.5, 0.6) is 0 Å². The van der Waals surface area contributed by atoms with E-state index in [1.807, 2.05) is 31.2 Å². The number of nitrogens with zero attached hydrogens (tertiary/aromatic N) is 1. The van der Waals surface area contributed by atoms with Gasteiger partial charge in [0.1, 0.15) is 0 Å². The van der Waals surface area contributed by atoms with Crippen LogP contribution in [-0.2, 0) is 27.9 Å². The molecule has 0 heterocycles. The number of rotatable bonds is 8. The molecule has 6 nitrogen and oxygen atoms in total. The largest absolute Gasteiger partial charge is 0.377 e. The Hall–Kier alpha value is -2.22. The van der Waals surface area contributed by atoms with Crippen LogP contribution in [0.1, 0.15) is 28.4 Å². The average molecular weight is 376 g/mol. The van der Waals surface area contributed by atoms with Gasteiger partial charge < -0.3 is 10.1 Å². The van der Waals surface area contributed by atoms with Crippen LogP contribution in [0.2, 0.25) is 0 Å². The summed E-state index contributed by atoms with van der Waals surface area (Å²) in [4.78, 5) is 12.4. The van der Waals surface area contributed by atoms with Crippen molar-refractivity contribution in [3.05, 3.63) is 65.2 Å². The van der Waals surface area contributed by atoms with E-state index in [9.17, 15) is 13.2 Å². The van der Waals surface area contributed by atoms with Crippen molar-refractivity contribution in [2.24, 2.45) is 0 Å². The molecule has 0 atom stereocenters. The number of benzene rings is 2. The Morgan fingerprint density at radius 1 is 1.00 bits per heavy atom. The number of carbonyl (C=O) groups excluding carboxylic acids is 1. The van der Waals surface area contributed by atoms with Crippen LogP contribution in [0.4, 0.5) is 0 Å². The molecule has 2 aromatic rings. The lowest BCUT2D eigenvalue weighted by molar-refractivity contribution is 0.0950. The van der Waals surface area contributed by atoms with Gasteiger partial charge in [0.05, 0.1) is 11.5 Å². The Balaban J connectivity index is 1.95. The molecule has 2 aromatic carbocycles. The molecular formula is C19H24N2O4S. The molecule has 0 bridgehead atoms. The number of hydrogen-bond acceptors (Lipinski definition) is 4. The van der Waals surface area contributed by atoms with E-state index in [1.54, 1.807) is 0 Å². The summed E-state index contributed by atoms with van der Waals surface area (Å²) in [5.41, 5.74) is 2.47. The van der Waals surface area contributed by atoms with Crippen molar-refractivity contribution in [1.82, 2.24) is 9.62 Å². The summed E-state index contributed by atoms with van der Waals surface area (Å²) < 4.78 is 30.6. The van der Waals surface area contributed by atoms with Gasteiger partial charge >= 0.3 is 0 Å². The van der Waals surface area contributed by atoms with Crippen LogP contribution in [0.3, 0.4) is 0 Å². The molecule has 0 aliphatic rings. The number of nitrogens with one attached hydrogen (secondary N) is 1.